The normalized spacial score (nSPS) is 26.9. The molecule has 3 unspecified atom stereocenters. The first kappa shape index (κ1) is 22.1. The summed E-state index contributed by atoms with van der Waals surface area (Å²) in [4.78, 5) is 47.8. The molecule has 0 radical (unpaired) electrons. The van der Waals surface area contributed by atoms with Crippen LogP contribution in [0.4, 0.5) is 0 Å². The Bertz CT molecular complexity index is 795. The van der Waals surface area contributed by atoms with Crippen molar-refractivity contribution in [1.82, 2.24) is 0 Å². The molecule has 28 heavy (non-hydrogen) atoms. The molecule has 0 spiro atoms. The van der Waals surface area contributed by atoms with E-state index in [9.17, 15) is 32.1 Å². The lowest BCUT2D eigenvalue weighted by Gasteiger charge is -2.24. The first-order valence-electron chi connectivity index (χ1n) is 8.35. The molecule has 1 N–H and O–H groups in total. The molecule has 0 aromatic carbocycles. The van der Waals surface area contributed by atoms with Crippen LogP contribution in [0.15, 0.2) is 0 Å². The van der Waals surface area contributed by atoms with Gasteiger partial charge < -0.3 is 18.9 Å². The third kappa shape index (κ3) is 4.61. The van der Waals surface area contributed by atoms with Gasteiger partial charge in [0, 0.05) is 10.8 Å². The smallest absolute Gasteiger partial charge is 0.348 e. The van der Waals surface area contributed by atoms with Crippen LogP contribution in [0.3, 0.4) is 0 Å². The Morgan fingerprint density at radius 3 is 1.82 bits per heavy atom. The lowest BCUT2D eigenvalue weighted by Crippen LogP contribution is -2.42. The van der Waals surface area contributed by atoms with Gasteiger partial charge in [0.15, 0.2) is 5.25 Å². The summed E-state index contributed by atoms with van der Waals surface area (Å²) in [6.07, 6.45) is -3.80. The van der Waals surface area contributed by atoms with Crippen LogP contribution >= 0.6 is 0 Å². The van der Waals surface area contributed by atoms with E-state index in [0.29, 0.717) is 0 Å². The highest BCUT2D eigenvalue weighted by atomic mass is 32.2. The van der Waals surface area contributed by atoms with Crippen LogP contribution in [0, 0.1) is 10.8 Å². The zero-order chi connectivity index (χ0) is 21.5. The minimum absolute atomic E-state index is 0.00752. The van der Waals surface area contributed by atoms with Crippen LogP contribution in [0.25, 0.3) is 0 Å². The molecule has 2 aliphatic rings. The summed E-state index contributed by atoms with van der Waals surface area (Å²) in [5.74, 6) is -4.42. The molecular weight excluding hydrogens is 400 g/mol. The minimum atomic E-state index is -5.08. The molecule has 11 nitrogen and oxygen atoms in total. The molecule has 158 valence electrons. The maximum atomic E-state index is 12.3. The molecule has 0 aromatic rings. The molecule has 0 amide bonds. The summed E-state index contributed by atoms with van der Waals surface area (Å²) in [6, 6.07) is 0. The third-order valence-electron chi connectivity index (χ3n) is 4.48. The highest BCUT2D eigenvalue weighted by Gasteiger charge is 2.50. The standard InChI is InChI=1S/C16H22O11S/c1-15(2)6-24-13(19)10(15)26-9(17)5-8(28(21,22)23)12(18)27-11-14(20)25-7-16(11,3)4/h8,10-11H,5-7H2,1-4H3,(H,21,22,23). The van der Waals surface area contributed by atoms with Crippen molar-refractivity contribution in [3.8, 4) is 0 Å². The second kappa shape index (κ2) is 7.32. The van der Waals surface area contributed by atoms with Gasteiger partial charge in [0.25, 0.3) is 10.1 Å². The molecule has 2 aliphatic heterocycles. The largest absolute Gasteiger partial charge is 0.462 e. The fourth-order valence-electron chi connectivity index (χ4n) is 2.70. The quantitative estimate of drug-likeness (QED) is 0.338. The van der Waals surface area contributed by atoms with Crippen molar-refractivity contribution in [2.45, 2.75) is 51.6 Å². The summed E-state index contributed by atoms with van der Waals surface area (Å²) in [5, 5.41) is -2.33. The number of esters is 4. The topological polar surface area (TPSA) is 160 Å². The lowest BCUT2D eigenvalue weighted by molar-refractivity contribution is -0.167. The van der Waals surface area contributed by atoms with Crippen molar-refractivity contribution in [3.63, 3.8) is 0 Å². The van der Waals surface area contributed by atoms with E-state index in [1.54, 1.807) is 27.7 Å². The fourth-order valence-corrected chi connectivity index (χ4v) is 3.35. The highest BCUT2D eigenvalue weighted by Crippen LogP contribution is 2.33. The molecular formula is C16H22O11S. The van der Waals surface area contributed by atoms with Gasteiger partial charge in [-0.05, 0) is 0 Å². The first-order valence-corrected chi connectivity index (χ1v) is 9.85. The Balaban J connectivity index is 2.12. The molecule has 2 heterocycles. The van der Waals surface area contributed by atoms with Crippen molar-refractivity contribution in [1.29, 1.82) is 0 Å². The monoisotopic (exact) mass is 422 g/mol. The van der Waals surface area contributed by atoms with Crippen molar-refractivity contribution in [2.24, 2.45) is 10.8 Å². The number of carbonyl (C=O) groups excluding carboxylic acids is 4. The number of hydrogen-bond acceptors (Lipinski definition) is 10. The second-order valence-corrected chi connectivity index (χ2v) is 9.69. The van der Waals surface area contributed by atoms with Gasteiger partial charge in [-0.1, -0.05) is 27.7 Å². The number of rotatable bonds is 6. The second-order valence-electron chi connectivity index (χ2n) is 8.09. The van der Waals surface area contributed by atoms with Crippen LogP contribution in [0.1, 0.15) is 34.1 Å². The van der Waals surface area contributed by atoms with Gasteiger partial charge in [0.05, 0.1) is 6.42 Å². The Morgan fingerprint density at radius 2 is 1.46 bits per heavy atom. The molecule has 2 rings (SSSR count). The average molecular weight is 422 g/mol. The Hall–Kier alpha value is -2.21. The van der Waals surface area contributed by atoms with E-state index in [-0.39, 0.29) is 13.2 Å². The zero-order valence-corrected chi connectivity index (χ0v) is 16.6. The highest BCUT2D eigenvalue weighted by molar-refractivity contribution is 7.87. The summed E-state index contributed by atoms with van der Waals surface area (Å²) in [5.41, 5.74) is -1.77. The minimum Gasteiger partial charge on any atom is -0.462 e. The molecule has 0 aliphatic carbocycles. The van der Waals surface area contributed by atoms with Gasteiger partial charge in [-0.15, -0.1) is 0 Å². The van der Waals surface area contributed by atoms with Crippen molar-refractivity contribution < 1.29 is 51.1 Å². The van der Waals surface area contributed by atoms with Crippen LogP contribution in [0.5, 0.6) is 0 Å². The van der Waals surface area contributed by atoms with E-state index < -0.39 is 68.7 Å². The molecule has 0 bridgehead atoms. The van der Waals surface area contributed by atoms with E-state index in [4.69, 9.17) is 18.9 Å². The summed E-state index contributed by atoms with van der Waals surface area (Å²) in [6.45, 7) is 6.24. The van der Waals surface area contributed by atoms with Gasteiger partial charge in [-0.2, -0.15) is 8.42 Å². The van der Waals surface area contributed by atoms with Crippen LogP contribution < -0.4 is 0 Å². The first-order chi connectivity index (χ1) is 12.6. The van der Waals surface area contributed by atoms with Gasteiger partial charge >= 0.3 is 23.9 Å². The number of hydrogen-bond donors (Lipinski definition) is 1. The third-order valence-corrected chi connectivity index (χ3v) is 5.56. The van der Waals surface area contributed by atoms with E-state index in [1.807, 2.05) is 0 Å². The molecule has 0 aromatic heterocycles. The Labute approximate surface area is 161 Å². The SMILES string of the molecule is CC1(C)COC(=O)C1OC(=O)CC(C(=O)OC1C(=O)OCC1(C)C)S(=O)(=O)O. The van der Waals surface area contributed by atoms with Crippen molar-refractivity contribution >= 4 is 34.0 Å². The van der Waals surface area contributed by atoms with Gasteiger partial charge in [0.1, 0.15) is 13.2 Å². The molecule has 0 saturated carbocycles. The molecule has 2 saturated heterocycles. The van der Waals surface area contributed by atoms with Crippen molar-refractivity contribution in [3.05, 3.63) is 0 Å². The predicted octanol–water partition coefficient (Wildman–Crippen LogP) is -0.377. The van der Waals surface area contributed by atoms with Crippen LogP contribution in [-0.4, -0.2) is 67.5 Å². The van der Waals surface area contributed by atoms with Crippen LogP contribution in [0.2, 0.25) is 0 Å². The number of ether oxygens (including phenoxy) is 4. The van der Waals surface area contributed by atoms with E-state index >= 15 is 0 Å². The Morgan fingerprint density at radius 1 is 1.04 bits per heavy atom. The maximum Gasteiger partial charge on any atom is 0.348 e. The van der Waals surface area contributed by atoms with Gasteiger partial charge in [-0.25, -0.2) is 9.59 Å². The van der Waals surface area contributed by atoms with E-state index in [0.717, 1.165) is 0 Å². The summed E-state index contributed by atoms with van der Waals surface area (Å²) >= 11 is 0. The van der Waals surface area contributed by atoms with Gasteiger partial charge in [0.2, 0.25) is 12.2 Å². The molecule has 2 fully saturated rings. The zero-order valence-electron chi connectivity index (χ0n) is 15.8. The van der Waals surface area contributed by atoms with Crippen molar-refractivity contribution in [2.75, 3.05) is 13.2 Å². The summed E-state index contributed by atoms with van der Waals surface area (Å²) < 4.78 is 52.0. The summed E-state index contributed by atoms with van der Waals surface area (Å²) in [7, 11) is -5.08. The maximum absolute atomic E-state index is 12.3. The predicted molar refractivity (Wildman–Crippen MR) is 89.2 cm³/mol. The lowest BCUT2D eigenvalue weighted by atomic mass is 9.89. The van der Waals surface area contributed by atoms with E-state index in [2.05, 4.69) is 0 Å². The molecule has 12 heteroatoms. The fraction of sp³-hybridized carbons (Fsp3) is 0.750. The number of carbonyl (C=O) groups is 4. The molecule has 3 atom stereocenters. The van der Waals surface area contributed by atoms with Crippen LogP contribution in [-0.2, 0) is 48.2 Å². The van der Waals surface area contributed by atoms with Gasteiger partial charge in [-0.3, -0.25) is 14.1 Å². The van der Waals surface area contributed by atoms with E-state index in [1.165, 1.54) is 0 Å². The number of cyclic esters (lactones) is 2. The Kier molecular flexibility index (Phi) is 5.77. The average Bonchev–Trinajstić information content (AvgIpc) is 2.95.